The largest absolute Gasteiger partial charge is 0.389 e. The number of nitrogens with one attached hydrogen (secondary N) is 1. The molecule has 10 heteroatoms. The van der Waals surface area contributed by atoms with Crippen LogP contribution in [0.5, 0.6) is 0 Å². The third kappa shape index (κ3) is 4.35. The summed E-state index contributed by atoms with van der Waals surface area (Å²) < 4.78 is 6.60. The van der Waals surface area contributed by atoms with Gasteiger partial charge in [-0.15, -0.1) is 0 Å². The number of pyridine rings is 1. The number of halogens is 1. The molecule has 0 aliphatic rings. The van der Waals surface area contributed by atoms with Gasteiger partial charge in [0.2, 0.25) is 17.7 Å². The van der Waals surface area contributed by atoms with E-state index in [0.717, 1.165) is 0 Å². The van der Waals surface area contributed by atoms with E-state index in [1.54, 1.807) is 55.8 Å². The molecule has 0 saturated heterocycles. The Bertz CT molecular complexity index is 1360. The van der Waals surface area contributed by atoms with Crippen LogP contribution in [-0.4, -0.2) is 41.9 Å². The van der Waals surface area contributed by atoms with Gasteiger partial charge in [0.1, 0.15) is 5.65 Å². The monoisotopic (exact) mass is 454 g/mol. The summed E-state index contributed by atoms with van der Waals surface area (Å²) in [5.74, 6) is 1.23. The molecule has 0 unspecified atom stereocenters. The normalized spacial score (nSPS) is 11.8. The Morgan fingerprint density at radius 3 is 2.62 bits per heavy atom. The van der Waals surface area contributed by atoms with Crippen LogP contribution in [0.3, 0.4) is 0 Å². The second-order valence-corrected chi connectivity index (χ2v) is 8.48. The standard InChI is InChI=1S/C22H23ClN6O3/c1-5-29-19-14(10-24-21(27-19)25-11-22(3,4)31)8-16(20(29)30)15-7-6-13(9-17(15)23)18-26-12(2)32-28-18/h6-10,31H,5,11H2,1-4H3,(H,24,25,27). The first-order valence-electron chi connectivity index (χ1n) is 10.1. The number of aryl methyl sites for hydroxylation is 2. The number of fused-ring (bicyclic) bond motifs is 1. The molecule has 166 valence electrons. The van der Waals surface area contributed by atoms with Crippen LogP contribution in [0.2, 0.25) is 5.02 Å². The van der Waals surface area contributed by atoms with Crippen LogP contribution in [0, 0.1) is 6.92 Å². The third-order valence-electron chi connectivity index (χ3n) is 4.87. The summed E-state index contributed by atoms with van der Waals surface area (Å²) >= 11 is 6.55. The quantitative estimate of drug-likeness (QED) is 0.453. The molecular weight excluding hydrogens is 432 g/mol. The molecule has 0 radical (unpaired) electrons. The smallest absolute Gasteiger partial charge is 0.260 e. The highest BCUT2D eigenvalue weighted by Crippen LogP contribution is 2.31. The molecule has 3 heterocycles. The van der Waals surface area contributed by atoms with Crippen molar-refractivity contribution in [2.75, 3.05) is 11.9 Å². The average Bonchev–Trinajstić information content (AvgIpc) is 3.18. The van der Waals surface area contributed by atoms with Gasteiger partial charge in [-0.2, -0.15) is 9.97 Å². The number of rotatable bonds is 6. The minimum absolute atomic E-state index is 0.211. The lowest BCUT2D eigenvalue weighted by Crippen LogP contribution is -2.30. The van der Waals surface area contributed by atoms with Crippen LogP contribution < -0.4 is 10.9 Å². The van der Waals surface area contributed by atoms with Crippen molar-refractivity contribution in [2.24, 2.45) is 0 Å². The minimum Gasteiger partial charge on any atom is -0.389 e. The maximum atomic E-state index is 13.3. The van der Waals surface area contributed by atoms with Crippen LogP contribution in [0.25, 0.3) is 33.5 Å². The molecule has 4 aromatic rings. The fourth-order valence-corrected chi connectivity index (χ4v) is 3.60. The zero-order valence-electron chi connectivity index (χ0n) is 18.2. The van der Waals surface area contributed by atoms with Gasteiger partial charge in [0.05, 0.1) is 5.60 Å². The van der Waals surface area contributed by atoms with E-state index in [2.05, 4.69) is 25.4 Å². The van der Waals surface area contributed by atoms with Crippen LogP contribution in [-0.2, 0) is 6.54 Å². The molecule has 32 heavy (non-hydrogen) atoms. The number of hydrogen-bond donors (Lipinski definition) is 2. The maximum absolute atomic E-state index is 13.3. The Hall–Kier alpha value is -3.30. The molecule has 0 aliphatic carbocycles. The van der Waals surface area contributed by atoms with Gasteiger partial charge in [-0.05, 0) is 32.9 Å². The molecule has 0 bridgehead atoms. The van der Waals surface area contributed by atoms with Crippen molar-refractivity contribution < 1.29 is 9.63 Å². The molecule has 0 atom stereocenters. The SMILES string of the molecule is CCn1c(=O)c(-c2ccc(-c3noc(C)n3)cc2Cl)cc2cnc(NCC(C)(C)O)nc21. The highest BCUT2D eigenvalue weighted by molar-refractivity contribution is 6.33. The number of aromatic nitrogens is 5. The van der Waals surface area contributed by atoms with Gasteiger partial charge >= 0.3 is 0 Å². The lowest BCUT2D eigenvalue weighted by molar-refractivity contribution is 0.0943. The van der Waals surface area contributed by atoms with E-state index < -0.39 is 5.60 Å². The van der Waals surface area contributed by atoms with Gasteiger partial charge in [-0.1, -0.05) is 28.9 Å². The Labute approximate surface area is 189 Å². The average molecular weight is 455 g/mol. The highest BCUT2D eigenvalue weighted by atomic mass is 35.5. The summed E-state index contributed by atoms with van der Waals surface area (Å²) in [6.07, 6.45) is 1.65. The van der Waals surface area contributed by atoms with Crippen molar-refractivity contribution in [1.29, 1.82) is 0 Å². The number of aliphatic hydroxyl groups is 1. The third-order valence-corrected chi connectivity index (χ3v) is 5.18. The van der Waals surface area contributed by atoms with Gasteiger partial charge in [-0.3, -0.25) is 9.36 Å². The predicted octanol–water partition coefficient (Wildman–Crippen LogP) is 3.67. The van der Waals surface area contributed by atoms with E-state index >= 15 is 0 Å². The summed E-state index contributed by atoms with van der Waals surface area (Å²) in [5.41, 5.74) is 1.10. The molecule has 0 saturated carbocycles. The minimum atomic E-state index is -0.921. The molecule has 2 N–H and O–H groups in total. The fraction of sp³-hybridized carbons (Fsp3) is 0.318. The van der Waals surface area contributed by atoms with E-state index in [4.69, 9.17) is 16.1 Å². The predicted molar refractivity (Wildman–Crippen MR) is 123 cm³/mol. The topological polar surface area (TPSA) is 119 Å². The second kappa shape index (κ2) is 8.33. The number of nitrogens with zero attached hydrogens (tertiary/aromatic N) is 5. The Balaban J connectivity index is 1.78. The molecule has 4 rings (SSSR count). The number of hydrogen-bond acceptors (Lipinski definition) is 8. The first kappa shape index (κ1) is 21.9. The molecular formula is C22H23ClN6O3. The van der Waals surface area contributed by atoms with E-state index in [0.29, 0.717) is 57.0 Å². The van der Waals surface area contributed by atoms with Crippen molar-refractivity contribution in [1.82, 2.24) is 24.7 Å². The van der Waals surface area contributed by atoms with E-state index in [-0.39, 0.29) is 12.1 Å². The molecule has 0 aliphatic heterocycles. The van der Waals surface area contributed by atoms with Crippen LogP contribution in [0.1, 0.15) is 26.7 Å². The highest BCUT2D eigenvalue weighted by Gasteiger charge is 2.17. The van der Waals surface area contributed by atoms with Crippen LogP contribution >= 0.6 is 11.6 Å². The van der Waals surface area contributed by atoms with E-state index in [9.17, 15) is 9.90 Å². The maximum Gasteiger partial charge on any atom is 0.260 e. The number of anilines is 1. The fourth-order valence-electron chi connectivity index (χ4n) is 3.31. The van der Waals surface area contributed by atoms with Crippen molar-refractivity contribution in [3.8, 4) is 22.5 Å². The molecule has 9 nitrogen and oxygen atoms in total. The Kier molecular flexibility index (Phi) is 5.70. The summed E-state index contributed by atoms with van der Waals surface area (Å²) in [7, 11) is 0. The van der Waals surface area contributed by atoms with Crippen molar-refractivity contribution >= 4 is 28.6 Å². The van der Waals surface area contributed by atoms with Crippen LogP contribution in [0.4, 0.5) is 5.95 Å². The van der Waals surface area contributed by atoms with Crippen LogP contribution in [0.15, 0.2) is 39.8 Å². The Morgan fingerprint density at radius 1 is 1.22 bits per heavy atom. The first-order valence-corrected chi connectivity index (χ1v) is 10.5. The van der Waals surface area contributed by atoms with Gasteiger partial charge in [-0.25, -0.2) is 4.98 Å². The number of benzene rings is 1. The summed E-state index contributed by atoms with van der Waals surface area (Å²) in [6.45, 7) is 7.65. The Morgan fingerprint density at radius 2 is 2.00 bits per heavy atom. The molecule has 0 fully saturated rings. The lowest BCUT2D eigenvalue weighted by Gasteiger charge is -2.18. The van der Waals surface area contributed by atoms with Crippen molar-refractivity contribution in [2.45, 2.75) is 39.8 Å². The summed E-state index contributed by atoms with van der Waals surface area (Å²) in [6, 6.07) is 7.02. The van der Waals surface area contributed by atoms with Gasteiger partial charge < -0.3 is 14.9 Å². The summed E-state index contributed by atoms with van der Waals surface area (Å²) in [5, 5.41) is 17.9. The van der Waals surface area contributed by atoms with Crippen molar-refractivity contribution in [3.05, 3.63) is 51.7 Å². The van der Waals surface area contributed by atoms with E-state index in [1.165, 1.54) is 0 Å². The van der Waals surface area contributed by atoms with E-state index in [1.807, 2.05) is 6.92 Å². The summed E-state index contributed by atoms with van der Waals surface area (Å²) in [4.78, 5) is 26.3. The molecule has 3 aromatic heterocycles. The van der Waals surface area contributed by atoms with Gasteiger partial charge in [0.15, 0.2) is 0 Å². The molecule has 0 amide bonds. The first-order chi connectivity index (χ1) is 15.2. The lowest BCUT2D eigenvalue weighted by atomic mass is 10.0. The molecule has 0 spiro atoms. The second-order valence-electron chi connectivity index (χ2n) is 8.08. The van der Waals surface area contributed by atoms with Gasteiger partial charge in [0, 0.05) is 53.3 Å². The molecule has 1 aromatic carbocycles. The zero-order chi connectivity index (χ0) is 23.0. The zero-order valence-corrected chi connectivity index (χ0v) is 18.9. The van der Waals surface area contributed by atoms with Gasteiger partial charge in [0.25, 0.3) is 5.56 Å². The van der Waals surface area contributed by atoms with Crippen molar-refractivity contribution in [3.63, 3.8) is 0 Å².